The van der Waals surface area contributed by atoms with E-state index in [0.29, 0.717) is 119 Å². The molecule has 28 nitrogen and oxygen atoms in total. The summed E-state index contributed by atoms with van der Waals surface area (Å²) in [5.41, 5.74) is 52.0. The van der Waals surface area contributed by atoms with E-state index < -0.39 is 23.7 Å². The second-order valence-electron chi connectivity index (χ2n) is 38.8. The highest BCUT2D eigenvalue weighted by atomic mass is 32.1. The molecule has 36 heteroatoms. The number of methoxy groups -OCH3 is 2. The molecule has 16 heterocycles. The molecule has 6 aliphatic carbocycles. The Labute approximate surface area is 803 Å². The molecule has 0 spiro atoms. The first-order valence-corrected chi connectivity index (χ1v) is 50.7. The van der Waals surface area contributed by atoms with Crippen LogP contribution < -0.4 is 75.3 Å². The number of thiophene rings is 4. The van der Waals surface area contributed by atoms with Gasteiger partial charge in [-0.1, -0.05) is 24.3 Å². The van der Waals surface area contributed by atoms with Gasteiger partial charge in [-0.2, -0.15) is 0 Å². The fourth-order valence-corrected chi connectivity index (χ4v) is 26.0. The normalized spacial score (nSPS) is 24.0. The number of hydrogen-bond acceptors (Lipinski definition) is 28. The van der Waals surface area contributed by atoms with E-state index in [1.54, 1.807) is 14.2 Å². The molecule has 4 amide bonds. The molecule has 0 aromatic carbocycles. The number of carbonyl (C=O) groups is 4. The fourth-order valence-electron chi connectivity index (χ4n) is 21.8. The maximum absolute atomic E-state index is 14.4. The van der Waals surface area contributed by atoms with Gasteiger partial charge in [-0.15, -0.1) is 45.3 Å². The van der Waals surface area contributed by atoms with Gasteiger partial charge >= 0.3 is 0 Å². The number of alkyl halides is 4. The van der Waals surface area contributed by atoms with Gasteiger partial charge in [-0.25, -0.2) is 57.4 Å². The number of nitrogens with zero attached hydrogens (tertiary/aromatic N) is 12. The van der Waals surface area contributed by atoms with Crippen molar-refractivity contribution in [2.45, 2.75) is 191 Å². The third kappa shape index (κ3) is 19.6. The molecule has 716 valence electrons. The molecule has 2 saturated carbocycles. The summed E-state index contributed by atoms with van der Waals surface area (Å²) in [7, 11) is 3.43. The Hall–Kier alpha value is -11.1. The maximum Gasteiger partial charge on any atom is 0.263 e. The summed E-state index contributed by atoms with van der Waals surface area (Å²) >= 11 is 5.36. The Morgan fingerprint density at radius 2 is 0.632 bits per heavy atom. The van der Waals surface area contributed by atoms with Crippen molar-refractivity contribution >= 4 is 156 Å². The lowest BCUT2D eigenvalue weighted by molar-refractivity contribution is -0.0935. The Balaban J connectivity index is 0.000000116. The average molecular weight is 1930 g/mol. The molecule has 16 N–H and O–H groups in total. The van der Waals surface area contributed by atoms with Crippen LogP contribution in [0.2, 0.25) is 0 Å². The van der Waals surface area contributed by atoms with Crippen molar-refractivity contribution in [3.05, 3.63) is 184 Å². The van der Waals surface area contributed by atoms with E-state index in [0.717, 1.165) is 224 Å². The summed E-state index contributed by atoms with van der Waals surface area (Å²) < 4.78 is 68.2. The van der Waals surface area contributed by atoms with Crippen molar-refractivity contribution in [1.82, 2.24) is 61.1 Å². The van der Waals surface area contributed by atoms with E-state index in [4.69, 9.17) is 63.8 Å². The second kappa shape index (κ2) is 39.0. The molecular weight excluding hydrogens is 1810 g/mol. The van der Waals surface area contributed by atoms with Crippen molar-refractivity contribution in [3.63, 3.8) is 0 Å². The standard InChI is InChI=1S/2C26H29F2N5OS.2C24H30N6O2S/c2*1-14-4-7-18-22(29)23(35-25(18)30-14)24(34)31-17-6-8-20-15(11-17)5-9-21(32-20)33-12-16-3-2-10-26(27,28)19(16)13-33;2*1-13-3-6-17-21(26)22(33-24(17)27-13)23(31)28-16-5-7-19-14(9-16)4-8-20(29-19)30-10-15(12-32-2)18(25)11-30/h2*4-5,7,9,16-17,19H,2-3,6,8,10-13,29H2,1H3,(H,31,34);2*3-4,6,8,15-16,18H,5,7,9-12,25-26H2,1-2H3,(H,28,31)/t16-,17+,19+;16-,17-,19+;15-,16+,18+;15-,16-,18+/m1010/s1. The van der Waals surface area contributed by atoms with Gasteiger partial charge in [0.25, 0.3) is 35.5 Å². The lowest BCUT2D eigenvalue weighted by Crippen LogP contribution is -2.39. The quantitative estimate of drug-likeness (QED) is 0.0402. The first-order chi connectivity index (χ1) is 65.4. The van der Waals surface area contributed by atoms with Crippen LogP contribution >= 0.6 is 45.3 Å². The Bertz CT molecular complexity index is 6170. The minimum Gasteiger partial charge on any atom is -0.397 e. The molecule has 12 aromatic rings. The first-order valence-electron chi connectivity index (χ1n) is 47.5. The van der Waals surface area contributed by atoms with Crippen molar-refractivity contribution in [3.8, 4) is 0 Å². The molecule has 4 aliphatic heterocycles. The van der Waals surface area contributed by atoms with Crippen molar-refractivity contribution in [2.24, 2.45) is 47.0 Å². The van der Waals surface area contributed by atoms with E-state index in [2.05, 4.69) is 87.4 Å². The van der Waals surface area contributed by atoms with E-state index in [-0.39, 0.29) is 84.6 Å². The lowest BCUT2D eigenvalue weighted by atomic mass is 9.79. The molecule has 12 atom stereocenters. The van der Waals surface area contributed by atoms with Gasteiger partial charge in [0.2, 0.25) is 0 Å². The van der Waals surface area contributed by atoms with Crippen LogP contribution in [0.25, 0.3) is 40.9 Å². The molecule has 136 heavy (non-hydrogen) atoms. The van der Waals surface area contributed by atoms with Crippen LogP contribution in [0.4, 0.5) is 63.6 Å². The molecular formula is C100H118F4N22O6S4. The van der Waals surface area contributed by atoms with Crippen LogP contribution in [-0.4, -0.2) is 191 Å². The SMILES string of the molecule is COC[C@@H]1CN(c2ccc3c(n2)CC[C@H](NC(=O)c2sc4nc(C)ccc4c2N)C3)C[C@H]1N.COC[C@H]1CN(c2ccc3c(n2)CC[C@H](NC(=O)c2sc4nc(C)ccc4c2N)C3)C[C@@H]1N.Cc1ccc2c(N)c(C(=O)N[C@H]3CCc4nc(N5C[C@@H]6CCCC(F)(F)[C@@H]6C5)ccc4C3)sc2n1.Cc1ccc2c(N)c(C(=O)N[C@H]3CCc4nc(N5C[C@H]6CCCC(F)(F)[C@H]6C5)ccc4C3)sc2n1. The summed E-state index contributed by atoms with van der Waals surface area (Å²) in [5, 5.41) is 16.0. The van der Waals surface area contributed by atoms with Gasteiger partial charge in [0.05, 0.1) is 36.0 Å². The number of aryl methyl sites for hydroxylation is 8. The van der Waals surface area contributed by atoms with Crippen LogP contribution in [-0.2, 0) is 60.8 Å². The smallest absolute Gasteiger partial charge is 0.263 e. The maximum atomic E-state index is 14.4. The molecule has 12 aromatic heterocycles. The number of rotatable bonds is 16. The minimum atomic E-state index is -2.57. The minimum absolute atomic E-state index is 0.00435. The number of halogens is 4. The Kier molecular flexibility index (Phi) is 27.0. The highest BCUT2D eigenvalue weighted by Crippen LogP contribution is 2.50. The summed E-state index contributed by atoms with van der Waals surface area (Å²) in [6, 6.07) is 32.1. The number of anilines is 8. The summed E-state index contributed by atoms with van der Waals surface area (Å²) in [6.45, 7) is 14.5. The lowest BCUT2D eigenvalue weighted by Gasteiger charge is -2.32. The Morgan fingerprint density at radius 1 is 0.368 bits per heavy atom. The number of hydrogen-bond donors (Lipinski definition) is 10. The highest BCUT2D eigenvalue weighted by Gasteiger charge is 2.53. The van der Waals surface area contributed by atoms with Gasteiger partial charge in [-0.3, -0.25) is 19.2 Å². The predicted molar refractivity (Wildman–Crippen MR) is 532 cm³/mol. The molecule has 4 saturated heterocycles. The zero-order valence-corrected chi connectivity index (χ0v) is 80.7. The van der Waals surface area contributed by atoms with E-state index in [9.17, 15) is 36.7 Å². The van der Waals surface area contributed by atoms with Crippen LogP contribution in [0.5, 0.6) is 0 Å². The molecule has 0 radical (unpaired) electrons. The number of fused-ring (bicyclic) bond motifs is 10. The van der Waals surface area contributed by atoms with E-state index in [1.807, 2.05) is 98.2 Å². The van der Waals surface area contributed by atoms with Crippen LogP contribution in [0.15, 0.2) is 97.1 Å². The number of aromatic nitrogens is 8. The molecule has 6 fully saturated rings. The van der Waals surface area contributed by atoms with Gasteiger partial charge in [0, 0.05) is 206 Å². The molecule has 22 rings (SSSR count). The van der Waals surface area contributed by atoms with Crippen LogP contribution in [0.3, 0.4) is 0 Å². The first kappa shape index (κ1) is 93.9. The number of carbonyl (C=O) groups excluding carboxylic acids is 4. The zero-order chi connectivity index (χ0) is 94.9. The van der Waals surface area contributed by atoms with E-state index in [1.165, 1.54) is 56.5 Å². The number of pyridine rings is 8. The number of amides is 4. The zero-order valence-electron chi connectivity index (χ0n) is 77.4. The monoisotopic (exact) mass is 1930 g/mol. The average Bonchev–Trinajstić information content (AvgIpc) is 1.62. The number of nitrogens with two attached hydrogens (primary N) is 6. The third-order valence-electron chi connectivity index (χ3n) is 29.3. The second-order valence-corrected chi connectivity index (χ2v) is 42.8. The number of ether oxygens (including phenoxy) is 2. The van der Waals surface area contributed by atoms with Gasteiger partial charge < -0.3 is 84.7 Å². The predicted octanol–water partition coefficient (Wildman–Crippen LogP) is 14.0. The molecule has 0 unspecified atom stereocenters. The summed E-state index contributed by atoms with van der Waals surface area (Å²) in [5.74, 6) is -2.51. The van der Waals surface area contributed by atoms with Gasteiger partial charge in [-0.05, 0) is 237 Å². The van der Waals surface area contributed by atoms with Crippen molar-refractivity contribution in [2.75, 3.05) is 122 Å². The third-order valence-corrected chi connectivity index (χ3v) is 33.7. The summed E-state index contributed by atoms with van der Waals surface area (Å²) in [6.07, 6.45) is 12.3. The topological polar surface area (TPSA) is 407 Å². The van der Waals surface area contributed by atoms with Crippen LogP contribution in [0.1, 0.15) is 171 Å². The van der Waals surface area contributed by atoms with Crippen molar-refractivity contribution < 1.29 is 46.2 Å². The largest absolute Gasteiger partial charge is 0.397 e. The fraction of sp³-hybridized carbons (Fsp3) is 0.480. The number of nitrogens with one attached hydrogen (secondary N) is 4. The summed E-state index contributed by atoms with van der Waals surface area (Å²) in [4.78, 5) is 103. The highest BCUT2D eigenvalue weighted by molar-refractivity contribution is 7.22. The molecule has 0 bridgehead atoms. The van der Waals surface area contributed by atoms with Gasteiger partial charge in [0.1, 0.15) is 62.1 Å². The number of nitrogen functional groups attached to an aromatic ring is 4. The molecule has 10 aliphatic rings. The van der Waals surface area contributed by atoms with E-state index >= 15 is 0 Å². The van der Waals surface area contributed by atoms with Gasteiger partial charge in [0.15, 0.2) is 0 Å². The van der Waals surface area contributed by atoms with Crippen LogP contribution in [0, 0.1) is 63.2 Å². The Morgan fingerprint density at radius 3 is 0.890 bits per heavy atom. The van der Waals surface area contributed by atoms with Crippen molar-refractivity contribution in [1.29, 1.82) is 0 Å².